The van der Waals surface area contributed by atoms with Crippen molar-refractivity contribution in [2.45, 2.75) is 38.9 Å². The van der Waals surface area contributed by atoms with Gasteiger partial charge in [0.1, 0.15) is 0 Å². The van der Waals surface area contributed by atoms with Crippen molar-refractivity contribution in [2.24, 2.45) is 0 Å². The van der Waals surface area contributed by atoms with E-state index in [4.69, 9.17) is 22.3 Å². The van der Waals surface area contributed by atoms with Crippen LogP contribution in [-0.2, 0) is 19.1 Å². The van der Waals surface area contributed by atoms with E-state index in [1.54, 1.807) is 13.8 Å². The number of esters is 2. The summed E-state index contributed by atoms with van der Waals surface area (Å²) in [7, 11) is 0. The van der Waals surface area contributed by atoms with Crippen molar-refractivity contribution in [1.82, 2.24) is 0 Å². The molecule has 2 unspecified atom stereocenters. The number of hydrogen-bond donors (Lipinski definition) is 0. The molecule has 0 aliphatic rings. The lowest BCUT2D eigenvalue weighted by Gasteiger charge is -2.08. The number of rotatable bonds is 5. The minimum Gasteiger partial charge on any atom is -0.449 e. The highest BCUT2D eigenvalue weighted by Gasteiger charge is 2.12. The van der Waals surface area contributed by atoms with Gasteiger partial charge < -0.3 is 9.47 Å². The fourth-order valence-electron chi connectivity index (χ4n) is 0.784. The standard InChI is InChI=1S/C12H14O4/c1-5-9(3)15-11(13)7-8-12(14)16-10(4)6-2/h1-2,9-10H,7-8H2,3-4H3. The molecule has 0 aromatic carbocycles. The van der Waals surface area contributed by atoms with Crippen molar-refractivity contribution in [2.75, 3.05) is 0 Å². The van der Waals surface area contributed by atoms with Crippen molar-refractivity contribution in [3.63, 3.8) is 0 Å². The molecule has 4 nitrogen and oxygen atoms in total. The molecule has 0 radical (unpaired) electrons. The number of carbonyl (C=O) groups excluding carboxylic acids is 2. The summed E-state index contributed by atoms with van der Waals surface area (Å²) in [6, 6.07) is 0. The Morgan fingerprint density at radius 1 is 1.00 bits per heavy atom. The minimum absolute atomic E-state index is 0.0673. The molecule has 0 aliphatic heterocycles. The van der Waals surface area contributed by atoms with E-state index in [1.165, 1.54) is 0 Å². The molecule has 0 fully saturated rings. The Balaban J connectivity index is 3.81. The third kappa shape index (κ3) is 6.50. The number of hydrogen-bond acceptors (Lipinski definition) is 4. The van der Waals surface area contributed by atoms with Gasteiger partial charge in [-0.3, -0.25) is 9.59 Å². The zero-order valence-corrected chi connectivity index (χ0v) is 9.36. The fourth-order valence-corrected chi connectivity index (χ4v) is 0.784. The largest absolute Gasteiger partial charge is 0.449 e. The predicted molar refractivity (Wildman–Crippen MR) is 58.0 cm³/mol. The molecule has 0 aromatic rings. The highest BCUT2D eigenvalue weighted by molar-refractivity contribution is 5.78. The Morgan fingerprint density at radius 3 is 1.56 bits per heavy atom. The van der Waals surface area contributed by atoms with E-state index in [2.05, 4.69) is 11.8 Å². The van der Waals surface area contributed by atoms with Gasteiger partial charge in [-0.05, 0) is 13.8 Å². The second kappa shape index (κ2) is 7.36. The van der Waals surface area contributed by atoms with E-state index in [0.29, 0.717) is 0 Å². The lowest BCUT2D eigenvalue weighted by molar-refractivity contribution is -0.152. The second-order valence-corrected chi connectivity index (χ2v) is 3.10. The Labute approximate surface area is 95.3 Å². The molecule has 16 heavy (non-hydrogen) atoms. The summed E-state index contributed by atoms with van der Waals surface area (Å²) in [6.07, 6.45) is 8.72. The van der Waals surface area contributed by atoms with Crippen LogP contribution >= 0.6 is 0 Å². The zero-order chi connectivity index (χ0) is 12.6. The first kappa shape index (κ1) is 14.1. The van der Waals surface area contributed by atoms with Crippen LogP contribution in [0, 0.1) is 24.7 Å². The van der Waals surface area contributed by atoms with Crippen molar-refractivity contribution in [1.29, 1.82) is 0 Å². The fraction of sp³-hybridized carbons (Fsp3) is 0.500. The average Bonchev–Trinajstić information content (AvgIpc) is 2.26. The van der Waals surface area contributed by atoms with E-state index in [1.807, 2.05) is 0 Å². The lowest BCUT2D eigenvalue weighted by atomic mass is 10.3. The van der Waals surface area contributed by atoms with Crippen LogP contribution in [0.2, 0.25) is 0 Å². The Kier molecular flexibility index (Phi) is 6.47. The van der Waals surface area contributed by atoms with Gasteiger partial charge in [-0.2, -0.15) is 0 Å². The van der Waals surface area contributed by atoms with Gasteiger partial charge in [0.2, 0.25) is 0 Å². The molecular formula is C12H14O4. The molecule has 4 heteroatoms. The first-order valence-corrected chi connectivity index (χ1v) is 4.80. The van der Waals surface area contributed by atoms with Crippen LogP contribution in [0.15, 0.2) is 0 Å². The molecule has 0 rings (SSSR count). The molecular weight excluding hydrogens is 208 g/mol. The molecule has 86 valence electrons. The molecule has 0 saturated heterocycles. The summed E-state index contributed by atoms with van der Waals surface area (Å²) >= 11 is 0. The summed E-state index contributed by atoms with van der Waals surface area (Å²) in [6.45, 7) is 3.13. The van der Waals surface area contributed by atoms with Crippen molar-refractivity contribution < 1.29 is 19.1 Å². The van der Waals surface area contributed by atoms with E-state index in [9.17, 15) is 9.59 Å². The molecule has 0 aromatic heterocycles. The van der Waals surface area contributed by atoms with Crippen LogP contribution in [0.25, 0.3) is 0 Å². The first-order chi connectivity index (χ1) is 7.49. The van der Waals surface area contributed by atoms with Gasteiger partial charge in [-0.15, -0.1) is 12.8 Å². The van der Waals surface area contributed by atoms with Crippen LogP contribution in [0.3, 0.4) is 0 Å². The Hall–Kier alpha value is -1.94. The van der Waals surface area contributed by atoms with Crippen LogP contribution in [-0.4, -0.2) is 24.1 Å². The summed E-state index contributed by atoms with van der Waals surface area (Å²) in [5.41, 5.74) is 0. The highest BCUT2D eigenvalue weighted by atomic mass is 16.5. The maximum Gasteiger partial charge on any atom is 0.307 e. The van der Waals surface area contributed by atoms with Gasteiger partial charge in [0.15, 0.2) is 12.2 Å². The lowest BCUT2D eigenvalue weighted by Crippen LogP contribution is -2.17. The quantitative estimate of drug-likeness (QED) is 0.512. The van der Waals surface area contributed by atoms with E-state index in [-0.39, 0.29) is 12.8 Å². The molecule has 0 amide bonds. The third-order valence-corrected chi connectivity index (χ3v) is 1.62. The number of carbonyl (C=O) groups is 2. The first-order valence-electron chi connectivity index (χ1n) is 4.80. The number of ether oxygens (including phenoxy) is 2. The van der Waals surface area contributed by atoms with Crippen molar-refractivity contribution in [3.8, 4) is 24.7 Å². The van der Waals surface area contributed by atoms with Crippen LogP contribution < -0.4 is 0 Å². The summed E-state index contributed by atoms with van der Waals surface area (Å²) in [5, 5.41) is 0. The van der Waals surface area contributed by atoms with Crippen LogP contribution in [0.1, 0.15) is 26.7 Å². The van der Waals surface area contributed by atoms with E-state index >= 15 is 0 Å². The van der Waals surface area contributed by atoms with Gasteiger partial charge in [-0.1, -0.05) is 11.8 Å². The SMILES string of the molecule is C#CC(C)OC(=O)CCC(=O)OC(C)C#C. The molecule has 0 N–H and O–H groups in total. The highest BCUT2D eigenvalue weighted by Crippen LogP contribution is 2.00. The Bertz CT molecular complexity index is 298. The monoisotopic (exact) mass is 222 g/mol. The molecule has 0 spiro atoms. The average molecular weight is 222 g/mol. The van der Waals surface area contributed by atoms with E-state index < -0.39 is 24.1 Å². The molecule has 2 atom stereocenters. The molecule has 0 heterocycles. The summed E-state index contributed by atoms with van der Waals surface area (Å²) < 4.78 is 9.52. The van der Waals surface area contributed by atoms with Gasteiger partial charge >= 0.3 is 11.9 Å². The number of terminal acetylenes is 2. The zero-order valence-electron chi connectivity index (χ0n) is 9.36. The normalized spacial score (nSPS) is 12.8. The maximum absolute atomic E-state index is 11.1. The minimum atomic E-state index is -0.590. The van der Waals surface area contributed by atoms with Crippen LogP contribution in [0.5, 0.6) is 0 Å². The third-order valence-electron chi connectivity index (χ3n) is 1.62. The topological polar surface area (TPSA) is 52.6 Å². The smallest absolute Gasteiger partial charge is 0.307 e. The van der Waals surface area contributed by atoms with Crippen LogP contribution in [0.4, 0.5) is 0 Å². The maximum atomic E-state index is 11.1. The van der Waals surface area contributed by atoms with Crippen molar-refractivity contribution >= 4 is 11.9 Å². The van der Waals surface area contributed by atoms with Gasteiger partial charge in [0.25, 0.3) is 0 Å². The van der Waals surface area contributed by atoms with E-state index in [0.717, 1.165) is 0 Å². The molecule has 0 saturated carbocycles. The summed E-state index contributed by atoms with van der Waals surface area (Å²) in [4.78, 5) is 22.2. The second-order valence-electron chi connectivity index (χ2n) is 3.10. The van der Waals surface area contributed by atoms with Crippen molar-refractivity contribution in [3.05, 3.63) is 0 Å². The van der Waals surface area contributed by atoms with Gasteiger partial charge in [-0.25, -0.2) is 0 Å². The molecule has 0 aliphatic carbocycles. The predicted octanol–water partition coefficient (Wildman–Crippen LogP) is 0.896. The van der Waals surface area contributed by atoms with Gasteiger partial charge in [0, 0.05) is 0 Å². The summed E-state index contributed by atoms with van der Waals surface area (Å²) in [5.74, 6) is 3.41. The molecule has 0 bridgehead atoms. The van der Waals surface area contributed by atoms with Gasteiger partial charge in [0.05, 0.1) is 12.8 Å². The Morgan fingerprint density at radius 2 is 1.31 bits per heavy atom.